The lowest BCUT2D eigenvalue weighted by atomic mass is 9.90. The summed E-state index contributed by atoms with van der Waals surface area (Å²) < 4.78 is 5.44. The SMILES string of the molecule is CN(Cc1cc(-c2ccccc2)on1)C(=O)c1cccc([C@H]2CCCNC2)c1. The zero-order valence-corrected chi connectivity index (χ0v) is 16.1. The first-order valence-corrected chi connectivity index (χ1v) is 9.78. The van der Waals surface area contributed by atoms with Gasteiger partial charge in [0.15, 0.2) is 5.76 Å². The maximum Gasteiger partial charge on any atom is 0.253 e. The fraction of sp³-hybridized carbons (Fsp3) is 0.304. The lowest BCUT2D eigenvalue weighted by molar-refractivity contribution is 0.0782. The number of rotatable bonds is 5. The van der Waals surface area contributed by atoms with Crippen LogP contribution in [0.3, 0.4) is 0 Å². The summed E-state index contributed by atoms with van der Waals surface area (Å²) in [5, 5.41) is 7.56. The van der Waals surface area contributed by atoms with Crippen molar-refractivity contribution in [1.29, 1.82) is 0 Å². The summed E-state index contributed by atoms with van der Waals surface area (Å²) in [5.41, 5.74) is 3.67. The first-order valence-electron chi connectivity index (χ1n) is 9.78. The van der Waals surface area contributed by atoms with E-state index in [-0.39, 0.29) is 5.91 Å². The Morgan fingerprint density at radius 1 is 1.18 bits per heavy atom. The van der Waals surface area contributed by atoms with Gasteiger partial charge in [-0.1, -0.05) is 47.6 Å². The lowest BCUT2D eigenvalue weighted by Gasteiger charge is -2.24. The van der Waals surface area contributed by atoms with E-state index in [4.69, 9.17) is 4.52 Å². The number of benzene rings is 2. The van der Waals surface area contributed by atoms with Crippen molar-refractivity contribution in [3.8, 4) is 11.3 Å². The van der Waals surface area contributed by atoms with E-state index in [0.29, 0.717) is 18.2 Å². The molecule has 1 amide bonds. The average Bonchev–Trinajstić information content (AvgIpc) is 3.23. The third-order valence-corrected chi connectivity index (χ3v) is 5.26. The van der Waals surface area contributed by atoms with Crippen molar-refractivity contribution in [1.82, 2.24) is 15.4 Å². The van der Waals surface area contributed by atoms with Crippen LogP contribution >= 0.6 is 0 Å². The average molecular weight is 375 g/mol. The molecule has 5 nitrogen and oxygen atoms in total. The zero-order valence-electron chi connectivity index (χ0n) is 16.1. The highest BCUT2D eigenvalue weighted by Gasteiger charge is 2.19. The highest BCUT2D eigenvalue weighted by Crippen LogP contribution is 2.25. The van der Waals surface area contributed by atoms with E-state index in [1.807, 2.05) is 54.6 Å². The van der Waals surface area contributed by atoms with Crippen molar-refractivity contribution in [3.05, 3.63) is 77.5 Å². The molecule has 0 radical (unpaired) electrons. The van der Waals surface area contributed by atoms with Crippen molar-refractivity contribution in [2.75, 3.05) is 20.1 Å². The number of carbonyl (C=O) groups excluding carboxylic acids is 1. The van der Waals surface area contributed by atoms with Crippen LogP contribution in [-0.4, -0.2) is 36.1 Å². The zero-order chi connectivity index (χ0) is 19.3. The number of nitrogens with one attached hydrogen (secondary N) is 1. The van der Waals surface area contributed by atoms with E-state index in [9.17, 15) is 4.79 Å². The number of piperidine rings is 1. The van der Waals surface area contributed by atoms with E-state index in [0.717, 1.165) is 29.9 Å². The number of hydrogen-bond acceptors (Lipinski definition) is 4. The molecular formula is C23H25N3O2. The molecule has 0 aliphatic carbocycles. The molecule has 4 rings (SSSR count). The van der Waals surface area contributed by atoms with E-state index < -0.39 is 0 Å². The van der Waals surface area contributed by atoms with Gasteiger partial charge in [0.1, 0.15) is 5.69 Å². The van der Waals surface area contributed by atoms with Crippen LogP contribution in [0.1, 0.15) is 40.4 Å². The van der Waals surface area contributed by atoms with E-state index in [2.05, 4.69) is 16.5 Å². The van der Waals surface area contributed by atoms with Crippen LogP contribution in [0.2, 0.25) is 0 Å². The summed E-state index contributed by atoms with van der Waals surface area (Å²) in [4.78, 5) is 14.6. The minimum absolute atomic E-state index is 0.00474. The number of carbonyl (C=O) groups is 1. The van der Waals surface area contributed by atoms with Crippen molar-refractivity contribution in [2.45, 2.75) is 25.3 Å². The van der Waals surface area contributed by atoms with Crippen LogP contribution in [0.4, 0.5) is 0 Å². The normalized spacial score (nSPS) is 16.7. The Morgan fingerprint density at radius 2 is 2.04 bits per heavy atom. The smallest absolute Gasteiger partial charge is 0.253 e. The summed E-state index contributed by atoms with van der Waals surface area (Å²) in [5.74, 6) is 1.19. The standard InChI is InChI=1S/C23H25N3O2/c1-26(16-21-14-22(28-25-21)17-7-3-2-4-8-17)23(27)19-10-5-9-18(13-19)20-11-6-12-24-15-20/h2-5,7-10,13-14,20,24H,6,11-12,15-16H2,1H3/t20-/m0/s1. The van der Waals surface area contributed by atoms with Crippen molar-refractivity contribution >= 4 is 5.91 Å². The van der Waals surface area contributed by atoms with Gasteiger partial charge >= 0.3 is 0 Å². The highest BCUT2D eigenvalue weighted by molar-refractivity contribution is 5.94. The lowest BCUT2D eigenvalue weighted by Crippen LogP contribution is -2.29. The molecule has 1 saturated heterocycles. The number of aromatic nitrogens is 1. The van der Waals surface area contributed by atoms with Gasteiger partial charge in [-0.05, 0) is 43.0 Å². The fourth-order valence-corrected chi connectivity index (χ4v) is 3.72. The number of amides is 1. The summed E-state index contributed by atoms with van der Waals surface area (Å²) in [6, 6.07) is 19.8. The second kappa shape index (κ2) is 8.40. The molecule has 0 saturated carbocycles. The van der Waals surface area contributed by atoms with Gasteiger partial charge in [0, 0.05) is 30.8 Å². The predicted molar refractivity (Wildman–Crippen MR) is 109 cm³/mol. The third-order valence-electron chi connectivity index (χ3n) is 5.26. The molecule has 1 N–H and O–H groups in total. The topological polar surface area (TPSA) is 58.4 Å². The van der Waals surface area contributed by atoms with Gasteiger partial charge in [0.25, 0.3) is 5.91 Å². The van der Waals surface area contributed by atoms with Crippen LogP contribution in [0.25, 0.3) is 11.3 Å². The van der Waals surface area contributed by atoms with Gasteiger partial charge in [-0.25, -0.2) is 0 Å². The fourth-order valence-electron chi connectivity index (χ4n) is 3.72. The molecule has 1 aliphatic rings. The van der Waals surface area contributed by atoms with Gasteiger partial charge in [-0.15, -0.1) is 0 Å². The minimum atomic E-state index is -0.00474. The summed E-state index contributed by atoms with van der Waals surface area (Å²) in [6.07, 6.45) is 2.35. The Labute approximate surface area is 165 Å². The maximum atomic E-state index is 12.9. The molecule has 1 fully saturated rings. The van der Waals surface area contributed by atoms with Gasteiger partial charge in [-0.2, -0.15) is 0 Å². The molecule has 0 spiro atoms. The highest BCUT2D eigenvalue weighted by atomic mass is 16.5. The molecule has 1 aliphatic heterocycles. The van der Waals surface area contributed by atoms with Crippen molar-refractivity contribution < 1.29 is 9.32 Å². The first kappa shape index (κ1) is 18.4. The number of hydrogen-bond donors (Lipinski definition) is 1. The maximum absolute atomic E-state index is 12.9. The summed E-state index contributed by atoms with van der Waals surface area (Å²) >= 11 is 0. The Kier molecular flexibility index (Phi) is 5.53. The van der Waals surface area contributed by atoms with Crippen LogP contribution in [0, 0.1) is 0 Å². The molecule has 3 aromatic rings. The molecule has 1 atom stereocenters. The van der Waals surface area contributed by atoms with E-state index >= 15 is 0 Å². The van der Waals surface area contributed by atoms with Crippen molar-refractivity contribution in [3.63, 3.8) is 0 Å². The predicted octanol–water partition coefficient (Wildman–Crippen LogP) is 4.08. The molecule has 5 heteroatoms. The van der Waals surface area contributed by atoms with Crippen LogP contribution in [0.5, 0.6) is 0 Å². The number of nitrogens with zero attached hydrogens (tertiary/aromatic N) is 2. The first-order chi connectivity index (χ1) is 13.7. The van der Waals surface area contributed by atoms with Crippen LogP contribution in [0.15, 0.2) is 65.2 Å². The molecule has 0 bridgehead atoms. The van der Waals surface area contributed by atoms with E-state index in [1.165, 1.54) is 18.4 Å². The Hall–Kier alpha value is -2.92. The molecular weight excluding hydrogens is 350 g/mol. The quantitative estimate of drug-likeness (QED) is 0.730. The Balaban J connectivity index is 1.44. The second-order valence-electron chi connectivity index (χ2n) is 7.38. The summed E-state index contributed by atoms with van der Waals surface area (Å²) in [7, 11) is 1.80. The molecule has 28 heavy (non-hydrogen) atoms. The molecule has 144 valence electrons. The van der Waals surface area contributed by atoms with Crippen LogP contribution in [-0.2, 0) is 6.54 Å². The summed E-state index contributed by atoms with van der Waals surface area (Å²) in [6.45, 7) is 2.47. The molecule has 0 unspecified atom stereocenters. The van der Waals surface area contributed by atoms with Gasteiger partial charge in [-0.3, -0.25) is 4.79 Å². The van der Waals surface area contributed by atoms with Crippen molar-refractivity contribution in [2.24, 2.45) is 0 Å². The van der Waals surface area contributed by atoms with Crippen LogP contribution < -0.4 is 5.32 Å². The molecule has 1 aromatic heterocycles. The van der Waals surface area contributed by atoms with Gasteiger partial charge in [0.2, 0.25) is 0 Å². The Morgan fingerprint density at radius 3 is 2.82 bits per heavy atom. The second-order valence-corrected chi connectivity index (χ2v) is 7.38. The molecule has 2 heterocycles. The third kappa shape index (κ3) is 4.15. The molecule has 2 aromatic carbocycles. The largest absolute Gasteiger partial charge is 0.356 e. The monoisotopic (exact) mass is 375 g/mol. The van der Waals surface area contributed by atoms with E-state index in [1.54, 1.807) is 11.9 Å². The van der Waals surface area contributed by atoms with Gasteiger partial charge in [0.05, 0.1) is 6.54 Å². The van der Waals surface area contributed by atoms with Gasteiger partial charge < -0.3 is 14.7 Å². The Bertz CT molecular complexity index is 930. The minimum Gasteiger partial charge on any atom is -0.356 e.